The molecule has 4 heteroatoms. The second-order valence-electron chi connectivity index (χ2n) is 4.68. The zero-order valence-corrected chi connectivity index (χ0v) is 12.2. The van der Waals surface area contributed by atoms with Crippen LogP contribution in [-0.4, -0.2) is 30.3 Å². The first-order valence-electron chi connectivity index (χ1n) is 6.17. The first kappa shape index (κ1) is 15.3. The Labute approximate surface area is 114 Å². The van der Waals surface area contributed by atoms with Crippen LogP contribution in [0.3, 0.4) is 0 Å². The molecule has 0 saturated heterocycles. The molecule has 0 saturated carbocycles. The van der Waals surface area contributed by atoms with Gasteiger partial charge in [-0.25, -0.2) is 0 Å². The van der Waals surface area contributed by atoms with Crippen molar-refractivity contribution in [3.63, 3.8) is 0 Å². The Hall–Kier alpha value is -0.710. The Kier molecular flexibility index (Phi) is 6.54. The number of aliphatic hydroxyl groups is 1. The van der Waals surface area contributed by atoms with Crippen molar-refractivity contribution in [3.8, 4) is 5.75 Å². The summed E-state index contributed by atoms with van der Waals surface area (Å²) in [7, 11) is 1.67. The van der Waals surface area contributed by atoms with Crippen LogP contribution in [0.25, 0.3) is 0 Å². The number of rotatable bonds is 7. The van der Waals surface area contributed by atoms with Crippen molar-refractivity contribution in [1.82, 2.24) is 0 Å². The van der Waals surface area contributed by atoms with Gasteiger partial charge in [-0.1, -0.05) is 24.6 Å². The number of benzene rings is 1. The van der Waals surface area contributed by atoms with Crippen molar-refractivity contribution in [3.05, 3.63) is 29.3 Å². The van der Waals surface area contributed by atoms with Gasteiger partial charge in [0.2, 0.25) is 0 Å². The number of ether oxygens (including phenoxy) is 1. The maximum Gasteiger partial charge on any atom is 0.123 e. The third-order valence-corrected chi connectivity index (χ3v) is 4.20. The van der Waals surface area contributed by atoms with Crippen LogP contribution in [0.1, 0.15) is 24.1 Å². The molecule has 0 fully saturated rings. The zero-order valence-electron chi connectivity index (χ0n) is 11.3. The van der Waals surface area contributed by atoms with Crippen LogP contribution in [0.15, 0.2) is 18.2 Å². The summed E-state index contributed by atoms with van der Waals surface area (Å²) in [5, 5.41) is 8.97. The standard InChI is InChI=1S/C14H23NO2S/c1-10-4-5-14(17-3)12(6-10)13(15)9-18-8-11(2)7-16/h4-6,11,13,16H,7-9,15H2,1-3H3. The molecule has 102 valence electrons. The van der Waals surface area contributed by atoms with E-state index in [2.05, 4.69) is 13.0 Å². The van der Waals surface area contributed by atoms with Crippen LogP contribution in [0, 0.1) is 12.8 Å². The molecular weight excluding hydrogens is 246 g/mol. The van der Waals surface area contributed by atoms with Crippen molar-refractivity contribution in [2.75, 3.05) is 25.2 Å². The molecule has 0 aromatic heterocycles. The Balaban J connectivity index is 2.60. The van der Waals surface area contributed by atoms with E-state index in [9.17, 15) is 0 Å². The highest BCUT2D eigenvalue weighted by molar-refractivity contribution is 7.99. The summed E-state index contributed by atoms with van der Waals surface area (Å²) >= 11 is 1.77. The predicted octanol–water partition coefficient (Wildman–Crippen LogP) is 2.37. The molecule has 3 nitrogen and oxygen atoms in total. The van der Waals surface area contributed by atoms with Gasteiger partial charge in [0.1, 0.15) is 5.75 Å². The minimum Gasteiger partial charge on any atom is -0.496 e. The van der Waals surface area contributed by atoms with Crippen LogP contribution in [0.2, 0.25) is 0 Å². The third-order valence-electron chi connectivity index (χ3n) is 2.80. The zero-order chi connectivity index (χ0) is 13.5. The van der Waals surface area contributed by atoms with E-state index < -0.39 is 0 Å². The van der Waals surface area contributed by atoms with Gasteiger partial charge in [-0.05, 0) is 24.7 Å². The second-order valence-corrected chi connectivity index (χ2v) is 5.75. The molecule has 1 rings (SSSR count). The molecule has 0 bridgehead atoms. The fourth-order valence-electron chi connectivity index (χ4n) is 1.68. The van der Waals surface area contributed by atoms with E-state index in [1.165, 1.54) is 5.56 Å². The first-order chi connectivity index (χ1) is 8.58. The Morgan fingerprint density at radius 1 is 1.39 bits per heavy atom. The van der Waals surface area contributed by atoms with Crippen molar-refractivity contribution in [2.24, 2.45) is 11.7 Å². The molecule has 1 aromatic carbocycles. The molecule has 3 N–H and O–H groups in total. The van der Waals surface area contributed by atoms with Gasteiger partial charge in [0.05, 0.1) is 7.11 Å². The molecule has 0 aliphatic heterocycles. The predicted molar refractivity (Wildman–Crippen MR) is 78.2 cm³/mol. The topological polar surface area (TPSA) is 55.5 Å². The molecule has 0 aliphatic rings. The first-order valence-corrected chi connectivity index (χ1v) is 7.32. The summed E-state index contributed by atoms with van der Waals surface area (Å²) < 4.78 is 5.34. The Morgan fingerprint density at radius 2 is 2.11 bits per heavy atom. The number of methoxy groups -OCH3 is 1. The molecule has 2 atom stereocenters. The average Bonchev–Trinajstić information content (AvgIpc) is 2.38. The van der Waals surface area contributed by atoms with Crippen molar-refractivity contribution >= 4 is 11.8 Å². The van der Waals surface area contributed by atoms with Crippen LogP contribution < -0.4 is 10.5 Å². The Morgan fingerprint density at radius 3 is 2.72 bits per heavy atom. The summed E-state index contributed by atoms with van der Waals surface area (Å²) in [6.45, 7) is 4.32. The molecule has 0 aliphatic carbocycles. The third kappa shape index (κ3) is 4.52. The van der Waals surface area contributed by atoms with Crippen LogP contribution in [0.4, 0.5) is 0 Å². The highest BCUT2D eigenvalue weighted by Gasteiger charge is 2.12. The van der Waals surface area contributed by atoms with Crippen molar-refractivity contribution in [2.45, 2.75) is 19.9 Å². The monoisotopic (exact) mass is 269 g/mol. The lowest BCUT2D eigenvalue weighted by molar-refractivity contribution is 0.250. The number of hydrogen-bond donors (Lipinski definition) is 2. The van der Waals surface area contributed by atoms with E-state index in [4.69, 9.17) is 15.6 Å². The fraction of sp³-hybridized carbons (Fsp3) is 0.571. The lowest BCUT2D eigenvalue weighted by Crippen LogP contribution is -2.16. The van der Waals surface area contributed by atoms with Crippen LogP contribution in [0.5, 0.6) is 5.75 Å². The van der Waals surface area contributed by atoms with Crippen LogP contribution >= 0.6 is 11.8 Å². The van der Waals surface area contributed by atoms with Gasteiger partial charge in [0, 0.05) is 24.0 Å². The smallest absolute Gasteiger partial charge is 0.123 e. The summed E-state index contributed by atoms with van der Waals surface area (Å²) in [6, 6.07) is 6.04. The van der Waals surface area contributed by atoms with Gasteiger partial charge in [-0.15, -0.1) is 0 Å². The van der Waals surface area contributed by atoms with E-state index in [0.717, 1.165) is 22.8 Å². The number of thioether (sulfide) groups is 1. The van der Waals surface area contributed by atoms with E-state index in [1.54, 1.807) is 18.9 Å². The molecule has 0 heterocycles. The summed E-state index contributed by atoms with van der Waals surface area (Å²) in [4.78, 5) is 0. The molecule has 0 amide bonds. The largest absolute Gasteiger partial charge is 0.496 e. The molecule has 2 unspecified atom stereocenters. The lowest BCUT2D eigenvalue weighted by atomic mass is 10.1. The molecule has 1 aromatic rings. The van der Waals surface area contributed by atoms with Crippen LogP contribution in [-0.2, 0) is 0 Å². The minimum absolute atomic E-state index is 0.0317. The number of aliphatic hydroxyl groups excluding tert-OH is 1. The Bertz CT molecular complexity index is 371. The van der Waals surface area contributed by atoms with E-state index in [0.29, 0.717) is 5.92 Å². The molecule has 18 heavy (non-hydrogen) atoms. The minimum atomic E-state index is -0.0317. The normalized spacial score (nSPS) is 14.3. The van der Waals surface area contributed by atoms with Gasteiger partial charge in [-0.3, -0.25) is 0 Å². The highest BCUT2D eigenvalue weighted by atomic mass is 32.2. The second kappa shape index (κ2) is 7.67. The fourth-order valence-corrected chi connectivity index (χ4v) is 2.76. The quantitative estimate of drug-likeness (QED) is 0.798. The summed E-state index contributed by atoms with van der Waals surface area (Å²) in [5.41, 5.74) is 8.45. The van der Waals surface area contributed by atoms with Gasteiger partial charge in [0.25, 0.3) is 0 Å². The molecular formula is C14H23NO2S. The van der Waals surface area contributed by atoms with E-state index in [-0.39, 0.29) is 12.6 Å². The maximum atomic E-state index is 8.97. The lowest BCUT2D eigenvalue weighted by Gasteiger charge is -2.17. The van der Waals surface area contributed by atoms with Gasteiger partial charge < -0.3 is 15.6 Å². The molecule has 0 radical (unpaired) electrons. The highest BCUT2D eigenvalue weighted by Crippen LogP contribution is 2.27. The van der Waals surface area contributed by atoms with Gasteiger partial charge in [0.15, 0.2) is 0 Å². The van der Waals surface area contributed by atoms with Crippen molar-refractivity contribution in [1.29, 1.82) is 0 Å². The average molecular weight is 269 g/mol. The van der Waals surface area contributed by atoms with E-state index in [1.807, 2.05) is 19.1 Å². The number of aryl methyl sites for hydroxylation is 1. The maximum absolute atomic E-state index is 8.97. The summed E-state index contributed by atoms with van der Waals surface area (Å²) in [5.74, 6) is 2.94. The number of hydrogen-bond acceptors (Lipinski definition) is 4. The van der Waals surface area contributed by atoms with Gasteiger partial charge in [-0.2, -0.15) is 11.8 Å². The summed E-state index contributed by atoms with van der Waals surface area (Å²) in [6.07, 6.45) is 0. The molecule has 0 spiro atoms. The van der Waals surface area contributed by atoms with Crippen molar-refractivity contribution < 1.29 is 9.84 Å². The van der Waals surface area contributed by atoms with E-state index >= 15 is 0 Å². The number of nitrogens with two attached hydrogens (primary N) is 1. The SMILES string of the molecule is COc1ccc(C)cc1C(N)CSCC(C)CO. The van der Waals surface area contributed by atoms with Gasteiger partial charge >= 0.3 is 0 Å².